The van der Waals surface area contributed by atoms with E-state index in [4.69, 9.17) is 20.9 Å². The molecule has 0 atom stereocenters. The molecular formula is C28H35N5O. The van der Waals surface area contributed by atoms with Crippen molar-refractivity contribution < 1.29 is 5.21 Å². The average Bonchev–Trinajstić information content (AvgIpc) is 2.86. The largest absolute Gasteiger partial charge is 0.409 e. The summed E-state index contributed by atoms with van der Waals surface area (Å²) in [5, 5.41) is 11.7. The molecule has 1 aliphatic rings. The van der Waals surface area contributed by atoms with E-state index in [9.17, 15) is 0 Å². The lowest BCUT2D eigenvalue weighted by molar-refractivity contribution is 0.316. The summed E-state index contributed by atoms with van der Waals surface area (Å²) in [6.45, 7) is 6.21. The van der Waals surface area contributed by atoms with Crippen LogP contribution in [0.1, 0.15) is 55.3 Å². The normalized spacial score (nSPS) is 13.7. The van der Waals surface area contributed by atoms with E-state index in [0.29, 0.717) is 12.3 Å². The summed E-state index contributed by atoms with van der Waals surface area (Å²) in [6.07, 6.45) is 6.94. The maximum atomic E-state index is 8.67. The van der Waals surface area contributed by atoms with E-state index >= 15 is 0 Å². The molecule has 0 unspecified atom stereocenters. The van der Waals surface area contributed by atoms with Gasteiger partial charge in [-0.3, -0.25) is 0 Å². The fraction of sp³-hybridized carbons (Fsp3) is 0.393. The number of nitrogens with two attached hydrogens (primary N) is 1. The van der Waals surface area contributed by atoms with E-state index in [1.807, 2.05) is 0 Å². The minimum atomic E-state index is 0.313. The maximum Gasteiger partial charge on any atom is 0.151 e. The number of aryl methyl sites for hydroxylation is 3. The molecule has 178 valence electrons. The molecule has 0 fully saturated rings. The molecule has 3 N–H and O–H groups in total. The third-order valence-electron chi connectivity index (χ3n) is 6.48. The van der Waals surface area contributed by atoms with Gasteiger partial charge in [0.1, 0.15) is 5.84 Å². The summed E-state index contributed by atoms with van der Waals surface area (Å²) in [6, 6.07) is 17.2. The number of amidine groups is 1. The van der Waals surface area contributed by atoms with Crippen LogP contribution in [0.5, 0.6) is 0 Å². The third-order valence-corrected chi connectivity index (χ3v) is 6.48. The quantitative estimate of drug-likeness (QED) is 0.138. The lowest BCUT2D eigenvalue weighted by Crippen LogP contribution is -2.32. The Kier molecular flexibility index (Phi) is 7.78. The molecule has 1 aromatic heterocycles. The van der Waals surface area contributed by atoms with E-state index in [-0.39, 0.29) is 0 Å². The zero-order valence-electron chi connectivity index (χ0n) is 20.3. The summed E-state index contributed by atoms with van der Waals surface area (Å²) < 4.78 is 0. The van der Waals surface area contributed by atoms with E-state index in [2.05, 4.69) is 72.4 Å². The molecule has 0 spiro atoms. The lowest BCUT2D eigenvalue weighted by Gasteiger charge is -2.30. The van der Waals surface area contributed by atoms with E-state index in [0.717, 1.165) is 85.6 Å². The molecule has 0 aliphatic carbocycles. The number of hydrogen-bond acceptors (Lipinski definition) is 5. The van der Waals surface area contributed by atoms with Crippen LogP contribution in [0.15, 0.2) is 53.7 Å². The van der Waals surface area contributed by atoms with Crippen molar-refractivity contribution in [1.82, 2.24) is 9.97 Å². The highest BCUT2D eigenvalue weighted by atomic mass is 16.4. The minimum Gasteiger partial charge on any atom is -0.409 e. The van der Waals surface area contributed by atoms with Gasteiger partial charge >= 0.3 is 0 Å². The zero-order chi connectivity index (χ0) is 23.9. The van der Waals surface area contributed by atoms with Crippen molar-refractivity contribution in [1.29, 1.82) is 0 Å². The van der Waals surface area contributed by atoms with Gasteiger partial charge in [0.05, 0.1) is 17.1 Å². The van der Waals surface area contributed by atoms with Gasteiger partial charge < -0.3 is 15.8 Å². The van der Waals surface area contributed by atoms with E-state index in [1.54, 1.807) is 0 Å². The van der Waals surface area contributed by atoms with Gasteiger partial charge in [0.25, 0.3) is 0 Å². The van der Waals surface area contributed by atoms with Crippen molar-refractivity contribution in [3.05, 3.63) is 65.4 Å². The average molecular weight is 458 g/mol. The number of oxime groups is 1. The molecule has 34 heavy (non-hydrogen) atoms. The number of fused-ring (bicyclic) bond motifs is 1. The van der Waals surface area contributed by atoms with Gasteiger partial charge in [0.2, 0.25) is 0 Å². The van der Waals surface area contributed by atoms with Crippen molar-refractivity contribution in [3.63, 3.8) is 0 Å². The van der Waals surface area contributed by atoms with Crippen LogP contribution >= 0.6 is 0 Å². The van der Waals surface area contributed by atoms with Gasteiger partial charge in [-0.2, -0.15) is 0 Å². The van der Waals surface area contributed by atoms with Crippen LogP contribution in [-0.2, 0) is 6.42 Å². The molecule has 6 nitrogen and oxygen atoms in total. The van der Waals surface area contributed by atoms with Crippen LogP contribution in [0.4, 0.5) is 5.82 Å². The molecule has 0 amide bonds. The van der Waals surface area contributed by atoms with E-state index < -0.39 is 0 Å². The number of hydrogen-bond donors (Lipinski definition) is 2. The first-order valence-corrected chi connectivity index (χ1v) is 12.3. The number of benzene rings is 2. The molecule has 4 rings (SSSR count). The zero-order valence-corrected chi connectivity index (χ0v) is 20.3. The van der Waals surface area contributed by atoms with E-state index in [1.165, 1.54) is 11.1 Å². The summed E-state index contributed by atoms with van der Waals surface area (Å²) in [7, 11) is 0. The van der Waals surface area contributed by atoms with Crippen LogP contribution in [0.2, 0.25) is 0 Å². The summed E-state index contributed by atoms with van der Waals surface area (Å²) in [5.41, 5.74) is 13.3. The summed E-state index contributed by atoms with van der Waals surface area (Å²) in [5.74, 6) is 1.35. The Balaban J connectivity index is 1.58. The highest BCUT2D eigenvalue weighted by molar-refractivity contribution is 5.80. The second-order valence-electron chi connectivity index (χ2n) is 9.27. The molecule has 0 saturated carbocycles. The Morgan fingerprint density at radius 3 is 2.09 bits per heavy atom. The fourth-order valence-corrected chi connectivity index (χ4v) is 4.48. The Bertz CT molecular complexity index is 1120. The SMILES string of the molecule is Cc1ccc(-c2nc3c(nc2-c2ccc(C)cc2)N(CCCCCC/C(N)=N\O)CCC3)cc1. The molecular weight excluding hydrogens is 422 g/mol. The minimum absolute atomic E-state index is 0.313. The number of anilines is 1. The monoisotopic (exact) mass is 457 g/mol. The number of aromatic nitrogens is 2. The van der Waals surface area contributed by atoms with Gasteiger partial charge in [-0.15, -0.1) is 0 Å². The van der Waals surface area contributed by atoms with Crippen molar-refractivity contribution in [2.24, 2.45) is 10.9 Å². The van der Waals surface area contributed by atoms with Crippen molar-refractivity contribution in [2.45, 2.75) is 58.8 Å². The first kappa shape index (κ1) is 23.7. The van der Waals surface area contributed by atoms with Gasteiger partial charge in [0, 0.05) is 30.6 Å². The molecule has 1 aliphatic heterocycles. The smallest absolute Gasteiger partial charge is 0.151 e. The Morgan fingerprint density at radius 1 is 0.882 bits per heavy atom. The number of nitrogens with zero attached hydrogens (tertiary/aromatic N) is 4. The van der Waals surface area contributed by atoms with Gasteiger partial charge in [-0.1, -0.05) is 77.7 Å². The summed E-state index contributed by atoms with van der Waals surface area (Å²) >= 11 is 0. The van der Waals surface area contributed by atoms with Crippen molar-refractivity contribution in [2.75, 3.05) is 18.0 Å². The van der Waals surface area contributed by atoms with Crippen LogP contribution in [-0.4, -0.2) is 34.1 Å². The molecule has 2 aromatic carbocycles. The van der Waals surface area contributed by atoms with Gasteiger partial charge in [-0.05, 0) is 39.5 Å². The third kappa shape index (κ3) is 5.74. The molecule has 0 saturated heterocycles. The Hall–Kier alpha value is -3.41. The van der Waals surface area contributed by atoms with Crippen molar-refractivity contribution in [3.8, 4) is 22.5 Å². The Labute approximate surface area is 202 Å². The first-order chi connectivity index (χ1) is 16.5. The predicted molar refractivity (Wildman–Crippen MR) is 139 cm³/mol. The second-order valence-corrected chi connectivity index (χ2v) is 9.27. The van der Waals surface area contributed by atoms with Crippen molar-refractivity contribution >= 4 is 11.7 Å². The molecule has 3 aromatic rings. The maximum absolute atomic E-state index is 8.67. The highest BCUT2D eigenvalue weighted by Crippen LogP contribution is 2.35. The van der Waals surface area contributed by atoms with Gasteiger partial charge in [0.15, 0.2) is 5.82 Å². The number of rotatable bonds is 9. The van der Waals surface area contributed by atoms with Crippen LogP contribution in [0.3, 0.4) is 0 Å². The van der Waals surface area contributed by atoms with Crippen LogP contribution in [0.25, 0.3) is 22.5 Å². The summed E-state index contributed by atoms with van der Waals surface area (Å²) in [4.78, 5) is 12.8. The van der Waals surface area contributed by atoms with Gasteiger partial charge in [-0.25, -0.2) is 9.97 Å². The molecule has 2 heterocycles. The molecule has 6 heteroatoms. The topological polar surface area (TPSA) is 87.6 Å². The van der Waals surface area contributed by atoms with Crippen LogP contribution < -0.4 is 10.6 Å². The highest BCUT2D eigenvalue weighted by Gasteiger charge is 2.23. The lowest BCUT2D eigenvalue weighted by atomic mass is 10.0. The number of unbranched alkanes of at least 4 members (excludes halogenated alkanes) is 3. The fourth-order valence-electron chi connectivity index (χ4n) is 4.48. The predicted octanol–water partition coefficient (Wildman–Crippen LogP) is 5.88. The Morgan fingerprint density at radius 2 is 1.47 bits per heavy atom. The standard InChI is InChI=1S/C28H35N5O/c1-20-10-14-22(15-11-20)26-27(23-16-12-21(2)13-17-23)31-28-24(30-26)8-7-19-33(28)18-6-4-3-5-9-25(29)32-34/h10-17,34H,3-9,18-19H2,1-2H3,(H2,29,32). The molecule has 0 radical (unpaired) electrons. The second kappa shape index (κ2) is 11.1. The first-order valence-electron chi connectivity index (χ1n) is 12.3. The van der Waals surface area contributed by atoms with Crippen LogP contribution in [0, 0.1) is 13.8 Å². The molecule has 0 bridgehead atoms.